The summed E-state index contributed by atoms with van der Waals surface area (Å²) in [5.41, 5.74) is -0.280. The minimum absolute atomic E-state index is 0.0582. The number of hydrogen-bond acceptors (Lipinski definition) is 3. The Morgan fingerprint density at radius 3 is 2.79 bits per heavy atom. The summed E-state index contributed by atoms with van der Waals surface area (Å²) in [5, 5.41) is 6.72. The van der Waals surface area contributed by atoms with Gasteiger partial charge in [-0.05, 0) is 18.4 Å². The average molecular weight is 335 g/mol. The lowest BCUT2D eigenvalue weighted by molar-refractivity contribution is -0.142. The highest BCUT2D eigenvalue weighted by Crippen LogP contribution is 2.36. The summed E-state index contributed by atoms with van der Waals surface area (Å²) < 4.78 is 33.1. The molecule has 24 heavy (non-hydrogen) atoms. The van der Waals surface area contributed by atoms with Crippen LogP contribution in [0.5, 0.6) is 0 Å². The van der Waals surface area contributed by atoms with Crippen molar-refractivity contribution in [2.75, 3.05) is 6.61 Å². The van der Waals surface area contributed by atoms with E-state index in [-0.39, 0.29) is 23.7 Å². The van der Waals surface area contributed by atoms with Crippen LogP contribution in [0.15, 0.2) is 36.5 Å². The zero-order chi connectivity index (χ0) is 17.2. The lowest BCUT2D eigenvalue weighted by Crippen LogP contribution is -2.44. The number of hydrogen-bond donors (Lipinski definition) is 1. The first-order valence-electron chi connectivity index (χ1n) is 7.81. The van der Waals surface area contributed by atoms with Crippen molar-refractivity contribution in [3.63, 3.8) is 0 Å². The van der Waals surface area contributed by atoms with E-state index in [2.05, 4.69) is 10.4 Å². The van der Waals surface area contributed by atoms with Crippen LogP contribution in [0.1, 0.15) is 36.1 Å². The van der Waals surface area contributed by atoms with E-state index in [1.54, 1.807) is 7.05 Å². The number of halogens is 2. The maximum absolute atomic E-state index is 13.0. The Labute approximate surface area is 138 Å². The first-order chi connectivity index (χ1) is 11.5. The van der Waals surface area contributed by atoms with Gasteiger partial charge in [0.1, 0.15) is 0 Å². The van der Waals surface area contributed by atoms with Gasteiger partial charge in [0.05, 0.1) is 17.8 Å². The van der Waals surface area contributed by atoms with Crippen LogP contribution in [0.25, 0.3) is 0 Å². The second-order valence-electron chi connectivity index (χ2n) is 5.83. The highest BCUT2D eigenvalue weighted by Gasteiger charge is 2.44. The number of nitrogens with one attached hydrogen (secondary N) is 1. The number of carbonyl (C=O) groups excluding carboxylic acids is 1. The normalized spacial score (nSPS) is 20.5. The van der Waals surface area contributed by atoms with Crippen LogP contribution in [-0.4, -0.2) is 22.3 Å². The largest absolute Gasteiger partial charge is 0.360 e. The molecule has 2 aromatic rings. The summed E-state index contributed by atoms with van der Waals surface area (Å²) in [7, 11) is 1.57. The molecule has 3 rings (SSSR count). The van der Waals surface area contributed by atoms with Gasteiger partial charge in [-0.1, -0.05) is 30.3 Å². The van der Waals surface area contributed by atoms with E-state index in [1.165, 1.54) is 10.9 Å². The van der Waals surface area contributed by atoms with Gasteiger partial charge in [0, 0.05) is 19.9 Å². The van der Waals surface area contributed by atoms with E-state index < -0.39 is 12.0 Å². The van der Waals surface area contributed by atoms with Crippen molar-refractivity contribution in [3.05, 3.63) is 53.3 Å². The van der Waals surface area contributed by atoms with Gasteiger partial charge in [-0.25, -0.2) is 8.78 Å². The molecular formula is C17H19F2N3O2. The Morgan fingerprint density at radius 2 is 2.17 bits per heavy atom. The van der Waals surface area contributed by atoms with Gasteiger partial charge in [-0.3, -0.25) is 9.48 Å². The quantitative estimate of drug-likeness (QED) is 0.914. The van der Waals surface area contributed by atoms with Crippen molar-refractivity contribution < 1.29 is 18.3 Å². The van der Waals surface area contributed by atoms with Gasteiger partial charge in [-0.2, -0.15) is 5.10 Å². The Morgan fingerprint density at radius 1 is 1.42 bits per heavy atom. The fourth-order valence-electron chi connectivity index (χ4n) is 3.06. The molecule has 0 spiro atoms. The summed E-state index contributed by atoms with van der Waals surface area (Å²) in [6, 6.07) is 9.25. The fraction of sp³-hybridized carbons (Fsp3) is 0.412. The van der Waals surface area contributed by atoms with E-state index >= 15 is 0 Å². The first kappa shape index (κ1) is 16.6. The van der Waals surface area contributed by atoms with Crippen LogP contribution in [0.3, 0.4) is 0 Å². The second kappa shape index (κ2) is 6.68. The van der Waals surface area contributed by atoms with Gasteiger partial charge in [0.2, 0.25) is 0 Å². The topological polar surface area (TPSA) is 56.2 Å². The Kier molecular flexibility index (Phi) is 4.62. The van der Waals surface area contributed by atoms with E-state index in [0.717, 1.165) is 12.0 Å². The highest BCUT2D eigenvalue weighted by atomic mass is 19.3. The third kappa shape index (κ3) is 3.03. The molecule has 1 unspecified atom stereocenters. The molecular weight excluding hydrogens is 316 g/mol. The molecule has 1 N–H and O–H groups in total. The first-order valence-corrected chi connectivity index (χ1v) is 7.81. The number of aromatic nitrogens is 2. The van der Waals surface area contributed by atoms with Gasteiger partial charge >= 0.3 is 0 Å². The Balaban J connectivity index is 1.78. The molecule has 0 saturated carbocycles. The molecule has 1 aliphatic heterocycles. The maximum atomic E-state index is 13.0. The van der Waals surface area contributed by atoms with Crippen molar-refractivity contribution in [2.24, 2.45) is 7.05 Å². The SMILES string of the molecule is Cn1cc(C(F)F)c(CNC(=O)C2(c3ccccc3)CCCO2)n1. The summed E-state index contributed by atoms with van der Waals surface area (Å²) in [6.07, 6.45) is -0.0250. The lowest BCUT2D eigenvalue weighted by Gasteiger charge is -2.27. The molecule has 5 nitrogen and oxygen atoms in total. The molecule has 1 aliphatic rings. The van der Waals surface area contributed by atoms with Crippen molar-refractivity contribution in [2.45, 2.75) is 31.4 Å². The number of amides is 1. The lowest BCUT2D eigenvalue weighted by atomic mass is 9.90. The van der Waals surface area contributed by atoms with Crippen LogP contribution in [-0.2, 0) is 28.7 Å². The predicted molar refractivity (Wildman–Crippen MR) is 83.3 cm³/mol. The van der Waals surface area contributed by atoms with Crippen LogP contribution >= 0.6 is 0 Å². The van der Waals surface area contributed by atoms with Crippen molar-refractivity contribution in [1.82, 2.24) is 15.1 Å². The van der Waals surface area contributed by atoms with Gasteiger partial charge in [0.15, 0.2) is 5.60 Å². The molecule has 0 radical (unpaired) electrons. The highest BCUT2D eigenvalue weighted by molar-refractivity contribution is 5.86. The summed E-state index contributed by atoms with van der Waals surface area (Å²) >= 11 is 0. The minimum Gasteiger partial charge on any atom is -0.360 e. The number of benzene rings is 1. The standard InChI is InChI=1S/C17H19F2N3O2/c1-22-11-13(15(18)19)14(21-22)10-20-16(23)17(8-5-9-24-17)12-6-3-2-4-7-12/h2-4,6-7,11,15H,5,8-10H2,1H3,(H,20,23). The molecule has 128 valence electrons. The van der Waals surface area contributed by atoms with Gasteiger partial charge < -0.3 is 10.1 Å². The van der Waals surface area contributed by atoms with Crippen molar-refractivity contribution in [1.29, 1.82) is 0 Å². The second-order valence-corrected chi connectivity index (χ2v) is 5.83. The fourth-order valence-corrected chi connectivity index (χ4v) is 3.06. The number of rotatable bonds is 5. The Hall–Kier alpha value is -2.28. The number of alkyl halides is 2. The predicted octanol–water partition coefficient (Wildman–Crippen LogP) is 2.68. The molecule has 7 heteroatoms. The average Bonchev–Trinajstić information content (AvgIpc) is 3.21. The van der Waals surface area contributed by atoms with Crippen LogP contribution in [0, 0.1) is 0 Å². The molecule has 1 saturated heterocycles. The summed E-state index contributed by atoms with van der Waals surface area (Å²) in [6.45, 7) is 0.436. The summed E-state index contributed by atoms with van der Waals surface area (Å²) in [5.74, 6) is -0.322. The van der Waals surface area contributed by atoms with Crippen LogP contribution < -0.4 is 5.32 Å². The molecule has 0 bridgehead atoms. The molecule has 1 aromatic heterocycles. The monoisotopic (exact) mass is 335 g/mol. The molecule has 1 atom stereocenters. The zero-order valence-electron chi connectivity index (χ0n) is 13.3. The van der Waals surface area contributed by atoms with E-state index in [1.807, 2.05) is 30.3 Å². The van der Waals surface area contributed by atoms with Crippen LogP contribution in [0.2, 0.25) is 0 Å². The van der Waals surface area contributed by atoms with Crippen LogP contribution in [0.4, 0.5) is 8.78 Å². The molecule has 1 fully saturated rings. The molecule has 1 aromatic carbocycles. The van der Waals surface area contributed by atoms with Gasteiger partial charge in [-0.15, -0.1) is 0 Å². The molecule has 1 amide bonds. The van der Waals surface area contributed by atoms with E-state index in [4.69, 9.17) is 4.74 Å². The summed E-state index contributed by atoms with van der Waals surface area (Å²) in [4.78, 5) is 12.8. The zero-order valence-corrected chi connectivity index (χ0v) is 13.3. The third-order valence-corrected chi connectivity index (χ3v) is 4.22. The van der Waals surface area contributed by atoms with Gasteiger partial charge in [0.25, 0.3) is 12.3 Å². The smallest absolute Gasteiger partial charge is 0.267 e. The van der Waals surface area contributed by atoms with Crippen molar-refractivity contribution >= 4 is 5.91 Å². The Bertz CT molecular complexity index is 710. The number of nitrogens with zero attached hydrogens (tertiary/aromatic N) is 2. The third-order valence-electron chi connectivity index (χ3n) is 4.22. The van der Waals surface area contributed by atoms with Crippen molar-refractivity contribution in [3.8, 4) is 0 Å². The molecule has 2 heterocycles. The maximum Gasteiger partial charge on any atom is 0.267 e. The van der Waals surface area contributed by atoms with E-state index in [9.17, 15) is 13.6 Å². The van der Waals surface area contributed by atoms with E-state index in [0.29, 0.717) is 13.0 Å². The number of ether oxygens (including phenoxy) is 1. The number of carbonyl (C=O) groups is 1. The molecule has 0 aliphatic carbocycles. The minimum atomic E-state index is -2.63. The number of aryl methyl sites for hydroxylation is 1.